The summed E-state index contributed by atoms with van der Waals surface area (Å²) in [4.78, 5) is 21.1. The largest absolute Gasteiger partial charge is 0.353 e. The van der Waals surface area contributed by atoms with Crippen molar-refractivity contribution in [2.24, 2.45) is 5.84 Å². The van der Waals surface area contributed by atoms with Gasteiger partial charge in [0.1, 0.15) is 0 Å². The minimum atomic E-state index is -0.180. The molecule has 5 nitrogen and oxygen atoms in total. The smallest absolute Gasteiger partial charge is 0.243 e. The van der Waals surface area contributed by atoms with Crippen molar-refractivity contribution in [2.45, 2.75) is 20.8 Å². The van der Waals surface area contributed by atoms with E-state index in [0.29, 0.717) is 12.8 Å². The lowest BCUT2D eigenvalue weighted by Gasteiger charge is -1.92. The van der Waals surface area contributed by atoms with Gasteiger partial charge >= 0.3 is 0 Å². The Bertz CT molecular complexity index is 241. The van der Waals surface area contributed by atoms with Crippen LogP contribution in [-0.4, -0.2) is 25.8 Å². The number of hydrazine groups is 1. The van der Waals surface area contributed by atoms with Crippen LogP contribution < -0.4 is 16.6 Å². The number of carbonyl (C=O) groups excluding carboxylic acids is 2. The molecule has 0 radical (unpaired) electrons. The Labute approximate surface area is 109 Å². The summed E-state index contributed by atoms with van der Waals surface area (Å²) >= 11 is 3.79. The highest BCUT2D eigenvalue weighted by molar-refractivity contribution is 7.85. The van der Waals surface area contributed by atoms with Crippen LogP contribution in [-0.2, 0) is 9.59 Å². The average Bonchev–Trinajstić information content (AvgIpc) is 2.33. The van der Waals surface area contributed by atoms with Gasteiger partial charge in [0, 0.05) is 17.5 Å². The van der Waals surface area contributed by atoms with Gasteiger partial charge in [0.05, 0.1) is 0 Å². The van der Waals surface area contributed by atoms with Crippen LogP contribution in [0.15, 0.2) is 23.1 Å². The van der Waals surface area contributed by atoms with Gasteiger partial charge in [-0.25, -0.2) is 0 Å². The van der Waals surface area contributed by atoms with Crippen molar-refractivity contribution in [3.05, 3.63) is 23.1 Å². The van der Waals surface area contributed by atoms with Crippen molar-refractivity contribution in [2.75, 3.05) is 13.6 Å². The molecule has 0 heterocycles. The minimum absolute atomic E-state index is 0.180. The lowest BCUT2D eigenvalue weighted by Crippen LogP contribution is -2.19. The van der Waals surface area contributed by atoms with Gasteiger partial charge in [-0.3, -0.25) is 20.9 Å². The Hall–Kier alpha value is -1.11. The van der Waals surface area contributed by atoms with Crippen molar-refractivity contribution in [3.63, 3.8) is 0 Å². The highest BCUT2D eigenvalue weighted by Gasteiger charge is 1.88. The van der Waals surface area contributed by atoms with E-state index in [-0.39, 0.29) is 10.8 Å². The lowest BCUT2D eigenvalue weighted by atomic mass is 10.4. The molecule has 0 unspecified atom stereocenters. The molecule has 0 fully saturated rings. The zero-order valence-corrected chi connectivity index (χ0v) is 11.8. The molecule has 0 aromatic heterocycles. The predicted octanol–water partition coefficient (Wildman–Crippen LogP) is 0.797. The van der Waals surface area contributed by atoms with E-state index in [1.807, 2.05) is 20.8 Å². The monoisotopic (exact) mass is 261 g/mol. The number of nitrogens with one attached hydrogen (secondary N) is 2. The molecule has 1 amide bonds. The van der Waals surface area contributed by atoms with Gasteiger partial charge in [-0.15, -0.1) is 12.6 Å². The second-order valence-electron chi connectivity index (χ2n) is 2.25. The maximum absolute atomic E-state index is 10.8. The second kappa shape index (κ2) is 20.3. The Morgan fingerprint density at radius 1 is 1.41 bits per heavy atom. The minimum Gasteiger partial charge on any atom is -0.353 e. The standard InChI is InChI=1S/C8H11NO2S.C2H6.CH6N2/c1-2-9-8(11)5-3-4-7(12)6-10;1-2;1-3-2/h3-6,12H,2H2,1H3,(H,9,11);1-2H3;3H,2H2,1H3/b5-3+,7-4-;;. The molecule has 0 aromatic rings. The molecule has 4 N–H and O–H groups in total. The third kappa shape index (κ3) is 25.3. The Morgan fingerprint density at radius 3 is 2.24 bits per heavy atom. The van der Waals surface area contributed by atoms with E-state index in [2.05, 4.69) is 29.2 Å². The van der Waals surface area contributed by atoms with E-state index in [1.165, 1.54) is 18.2 Å². The van der Waals surface area contributed by atoms with Crippen molar-refractivity contribution in [1.82, 2.24) is 10.7 Å². The molecule has 17 heavy (non-hydrogen) atoms. The van der Waals surface area contributed by atoms with Crippen molar-refractivity contribution in [1.29, 1.82) is 0 Å². The van der Waals surface area contributed by atoms with E-state index in [1.54, 1.807) is 7.05 Å². The normalized spacial score (nSPS) is 9.65. The summed E-state index contributed by atoms with van der Waals surface area (Å²) < 4.78 is 0. The van der Waals surface area contributed by atoms with Gasteiger partial charge in [-0.1, -0.05) is 19.9 Å². The molecule has 0 rings (SSSR count). The number of carbonyl (C=O) groups is 2. The zero-order chi connectivity index (χ0) is 14.1. The highest BCUT2D eigenvalue weighted by atomic mass is 32.1. The van der Waals surface area contributed by atoms with Crippen molar-refractivity contribution in [3.8, 4) is 0 Å². The molecular formula is C11H23N3O2S. The van der Waals surface area contributed by atoms with Gasteiger partial charge in [-0.05, 0) is 20.0 Å². The second-order valence-corrected chi connectivity index (χ2v) is 2.77. The van der Waals surface area contributed by atoms with Crippen LogP contribution in [0.5, 0.6) is 0 Å². The summed E-state index contributed by atoms with van der Waals surface area (Å²) in [5, 5.41) is 2.57. The Morgan fingerprint density at radius 2 is 1.88 bits per heavy atom. The topological polar surface area (TPSA) is 84.2 Å². The summed E-state index contributed by atoms with van der Waals surface area (Å²) in [6, 6.07) is 0. The van der Waals surface area contributed by atoms with E-state index in [4.69, 9.17) is 0 Å². The van der Waals surface area contributed by atoms with Crippen LogP contribution in [0.1, 0.15) is 20.8 Å². The highest BCUT2D eigenvalue weighted by Crippen LogP contribution is 1.94. The number of likely N-dealkylation sites (N-methyl/N-ethyl adjacent to an activating group) is 1. The lowest BCUT2D eigenvalue weighted by molar-refractivity contribution is -0.116. The van der Waals surface area contributed by atoms with Crippen LogP contribution in [0.2, 0.25) is 0 Å². The van der Waals surface area contributed by atoms with E-state index >= 15 is 0 Å². The van der Waals surface area contributed by atoms with Gasteiger partial charge in [0.25, 0.3) is 0 Å². The maximum Gasteiger partial charge on any atom is 0.243 e. The molecule has 0 aliphatic heterocycles. The molecular weight excluding hydrogens is 238 g/mol. The molecule has 0 bridgehead atoms. The van der Waals surface area contributed by atoms with Gasteiger partial charge in [0.2, 0.25) is 5.91 Å². The molecule has 0 saturated heterocycles. The third-order valence-electron chi connectivity index (χ3n) is 0.986. The first-order valence-corrected chi connectivity index (χ1v) is 5.74. The fourth-order valence-corrected chi connectivity index (χ4v) is 0.593. The quantitative estimate of drug-likeness (QED) is 0.151. The summed E-state index contributed by atoms with van der Waals surface area (Å²) in [6.45, 7) is 6.42. The summed E-state index contributed by atoms with van der Waals surface area (Å²) in [6.07, 6.45) is 4.86. The van der Waals surface area contributed by atoms with Gasteiger partial charge < -0.3 is 5.32 Å². The SMILES string of the molecule is CC.CCNC(=O)/C=C/C=C(\S)C=O.CNN. The molecule has 0 aromatic carbocycles. The summed E-state index contributed by atoms with van der Waals surface area (Å²) in [7, 11) is 1.65. The van der Waals surface area contributed by atoms with Gasteiger partial charge in [0.15, 0.2) is 6.29 Å². The molecule has 6 heteroatoms. The molecule has 0 saturated carbocycles. The van der Waals surface area contributed by atoms with Crippen molar-refractivity contribution >= 4 is 24.8 Å². The third-order valence-corrected chi connectivity index (χ3v) is 1.24. The molecule has 0 spiro atoms. The number of nitrogens with two attached hydrogens (primary N) is 1. The zero-order valence-electron chi connectivity index (χ0n) is 10.9. The first kappa shape index (κ1) is 21.2. The first-order valence-electron chi connectivity index (χ1n) is 5.30. The van der Waals surface area contributed by atoms with Crippen LogP contribution in [0.3, 0.4) is 0 Å². The predicted molar refractivity (Wildman–Crippen MR) is 75.6 cm³/mol. The number of rotatable bonds is 4. The van der Waals surface area contributed by atoms with E-state index < -0.39 is 0 Å². The molecule has 0 aliphatic rings. The number of hydrogen-bond donors (Lipinski definition) is 4. The first-order chi connectivity index (χ1) is 8.12. The Kier molecular flexibility index (Phi) is 25.3. The molecule has 100 valence electrons. The number of thiol groups is 1. The van der Waals surface area contributed by atoms with E-state index in [9.17, 15) is 9.59 Å². The fraction of sp³-hybridized carbons (Fsp3) is 0.455. The van der Waals surface area contributed by atoms with Crippen LogP contribution in [0, 0.1) is 0 Å². The molecule has 0 atom stereocenters. The van der Waals surface area contributed by atoms with Crippen LogP contribution in [0.4, 0.5) is 0 Å². The number of aldehydes is 1. The summed E-state index contributed by atoms with van der Waals surface area (Å²) in [5.41, 5.74) is 2.25. The number of allylic oxidation sites excluding steroid dienone is 3. The summed E-state index contributed by atoms with van der Waals surface area (Å²) in [5.74, 6) is 4.42. The van der Waals surface area contributed by atoms with Gasteiger partial charge in [-0.2, -0.15) is 0 Å². The maximum atomic E-state index is 10.8. The van der Waals surface area contributed by atoms with E-state index in [0.717, 1.165) is 0 Å². The molecule has 0 aliphatic carbocycles. The number of hydrogen-bond acceptors (Lipinski definition) is 5. The van der Waals surface area contributed by atoms with Crippen LogP contribution in [0.25, 0.3) is 0 Å². The fourth-order valence-electron chi connectivity index (χ4n) is 0.507. The number of amides is 1. The van der Waals surface area contributed by atoms with Crippen molar-refractivity contribution < 1.29 is 9.59 Å². The van der Waals surface area contributed by atoms with Crippen LogP contribution >= 0.6 is 12.6 Å². The average molecular weight is 261 g/mol. The Balaban J connectivity index is -0.000000337.